The molecule has 0 aliphatic carbocycles. The summed E-state index contributed by atoms with van der Waals surface area (Å²) >= 11 is 0. The fourth-order valence-electron chi connectivity index (χ4n) is 0.914. The highest BCUT2D eigenvalue weighted by molar-refractivity contribution is 5.28. The molecule has 0 aliphatic heterocycles. The first-order valence-electron chi connectivity index (χ1n) is 3.22. The molecule has 0 bridgehead atoms. The van der Waals surface area contributed by atoms with Crippen LogP contribution >= 0.6 is 0 Å². The van der Waals surface area contributed by atoms with E-state index in [-0.39, 0.29) is 11.3 Å². The summed E-state index contributed by atoms with van der Waals surface area (Å²) in [7, 11) is 0. The number of furan rings is 1. The van der Waals surface area contributed by atoms with Crippen molar-refractivity contribution >= 4 is 0 Å². The molecule has 1 heterocycles. The summed E-state index contributed by atoms with van der Waals surface area (Å²) in [4.78, 5) is 0. The highest BCUT2D eigenvalue weighted by Crippen LogP contribution is 2.34. The van der Waals surface area contributed by atoms with Crippen molar-refractivity contribution in [2.24, 2.45) is 0 Å². The fourth-order valence-corrected chi connectivity index (χ4v) is 0.914. The van der Waals surface area contributed by atoms with Crippen molar-refractivity contribution in [2.45, 2.75) is 19.7 Å². The molecule has 68 valence electrons. The van der Waals surface area contributed by atoms with Crippen LogP contribution in [0.4, 0.5) is 13.2 Å². The van der Waals surface area contributed by atoms with Gasteiger partial charge >= 0.3 is 6.18 Å². The lowest BCUT2D eigenvalue weighted by Gasteiger charge is -2.04. The van der Waals surface area contributed by atoms with E-state index in [9.17, 15) is 13.2 Å². The molecule has 0 spiro atoms. The van der Waals surface area contributed by atoms with Gasteiger partial charge in [0.1, 0.15) is 12.0 Å². The van der Waals surface area contributed by atoms with Crippen LogP contribution in [-0.2, 0) is 12.8 Å². The minimum Gasteiger partial charge on any atom is -0.469 e. The van der Waals surface area contributed by atoms with Crippen molar-refractivity contribution in [3.63, 3.8) is 0 Å². The molecular weight excluding hydrogens is 173 g/mol. The monoisotopic (exact) mass is 180 g/mol. The van der Waals surface area contributed by atoms with Gasteiger partial charge in [-0.05, 0) is 6.92 Å². The van der Waals surface area contributed by atoms with Crippen molar-refractivity contribution in [3.05, 3.63) is 23.2 Å². The second kappa shape index (κ2) is 2.82. The predicted octanol–water partition coefficient (Wildman–Crippen LogP) is 2.10. The van der Waals surface area contributed by atoms with Crippen LogP contribution in [0.5, 0.6) is 0 Å². The van der Waals surface area contributed by atoms with E-state index in [4.69, 9.17) is 5.11 Å². The number of aryl methyl sites for hydroxylation is 1. The van der Waals surface area contributed by atoms with Crippen molar-refractivity contribution in [2.75, 3.05) is 0 Å². The largest absolute Gasteiger partial charge is 0.469 e. The lowest BCUT2D eigenvalue weighted by Crippen LogP contribution is -2.06. The Morgan fingerprint density at radius 3 is 2.42 bits per heavy atom. The van der Waals surface area contributed by atoms with Gasteiger partial charge in [-0.15, -0.1) is 0 Å². The maximum atomic E-state index is 12.1. The molecule has 1 aromatic rings. The number of aliphatic hydroxyl groups is 1. The van der Waals surface area contributed by atoms with Crippen LogP contribution in [0.1, 0.15) is 16.9 Å². The lowest BCUT2D eigenvalue weighted by molar-refractivity contribution is -0.138. The first-order chi connectivity index (χ1) is 5.46. The van der Waals surface area contributed by atoms with Gasteiger partial charge in [-0.25, -0.2) is 0 Å². The molecule has 1 rings (SSSR count). The average molecular weight is 180 g/mol. The molecule has 0 amide bonds. The number of rotatable bonds is 1. The highest BCUT2D eigenvalue weighted by Gasteiger charge is 2.35. The quantitative estimate of drug-likeness (QED) is 0.717. The van der Waals surface area contributed by atoms with Crippen molar-refractivity contribution in [3.8, 4) is 0 Å². The second-order valence-corrected chi connectivity index (χ2v) is 2.34. The molecule has 5 heteroatoms. The van der Waals surface area contributed by atoms with E-state index in [1.54, 1.807) is 0 Å². The van der Waals surface area contributed by atoms with Crippen LogP contribution in [0.25, 0.3) is 0 Å². The molecule has 0 saturated carbocycles. The molecule has 2 nitrogen and oxygen atoms in total. The molecule has 0 radical (unpaired) electrons. The van der Waals surface area contributed by atoms with Gasteiger partial charge in [-0.3, -0.25) is 0 Å². The Morgan fingerprint density at radius 1 is 1.50 bits per heavy atom. The van der Waals surface area contributed by atoms with E-state index in [0.717, 1.165) is 0 Å². The zero-order valence-electron chi connectivity index (χ0n) is 6.27. The Kier molecular flexibility index (Phi) is 2.14. The minimum atomic E-state index is -4.45. The summed E-state index contributed by atoms with van der Waals surface area (Å²) in [5.74, 6) is 0.102. The average Bonchev–Trinajstić information content (AvgIpc) is 2.29. The van der Waals surface area contributed by atoms with E-state index in [1.807, 2.05) is 0 Å². The van der Waals surface area contributed by atoms with E-state index in [0.29, 0.717) is 6.26 Å². The maximum Gasteiger partial charge on any atom is 0.419 e. The molecule has 0 atom stereocenters. The smallest absolute Gasteiger partial charge is 0.419 e. The summed E-state index contributed by atoms with van der Waals surface area (Å²) in [5, 5.41) is 8.59. The summed E-state index contributed by atoms with van der Waals surface area (Å²) in [6, 6.07) is 0. The van der Waals surface area contributed by atoms with Crippen LogP contribution in [0.2, 0.25) is 0 Å². The van der Waals surface area contributed by atoms with Gasteiger partial charge in [0.25, 0.3) is 0 Å². The van der Waals surface area contributed by atoms with Crippen molar-refractivity contribution in [1.29, 1.82) is 0 Å². The van der Waals surface area contributed by atoms with E-state index in [2.05, 4.69) is 4.42 Å². The van der Waals surface area contributed by atoms with Crippen LogP contribution in [0, 0.1) is 6.92 Å². The van der Waals surface area contributed by atoms with Crippen LogP contribution in [0.3, 0.4) is 0 Å². The lowest BCUT2D eigenvalue weighted by atomic mass is 10.1. The summed E-state index contributed by atoms with van der Waals surface area (Å²) < 4.78 is 40.8. The van der Waals surface area contributed by atoms with E-state index in [1.165, 1.54) is 6.92 Å². The van der Waals surface area contributed by atoms with Gasteiger partial charge < -0.3 is 9.52 Å². The van der Waals surface area contributed by atoms with Gasteiger partial charge in [0.15, 0.2) is 0 Å². The number of halogens is 3. The third-order valence-corrected chi connectivity index (χ3v) is 1.57. The summed E-state index contributed by atoms with van der Waals surface area (Å²) in [6.07, 6.45) is -3.84. The number of alkyl halides is 3. The number of hydrogen-bond donors (Lipinski definition) is 1. The van der Waals surface area contributed by atoms with Crippen molar-refractivity contribution < 1.29 is 22.7 Å². The van der Waals surface area contributed by atoms with Gasteiger partial charge in [-0.1, -0.05) is 0 Å². The predicted molar refractivity (Wildman–Crippen MR) is 34.4 cm³/mol. The minimum absolute atomic E-state index is 0.102. The molecule has 0 aliphatic rings. The summed E-state index contributed by atoms with van der Waals surface area (Å²) in [6.45, 7) is 0.720. The first-order valence-corrected chi connectivity index (χ1v) is 3.22. The fraction of sp³-hybridized carbons (Fsp3) is 0.429. The van der Waals surface area contributed by atoms with E-state index < -0.39 is 18.3 Å². The Labute approximate surface area is 66.6 Å². The second-order valence-electron chi connectivity index (χ2n) is 2.34. The third-order valence-electron chi connectivity index (χ3n) is 1.57. The van der Waals surface area contributed by atoms with Gasteiger partial charge in [-0.2, -0.15) is 13.2 Å². The Balaban J connectivity index is 3.16. The van der Waals surface area contributed by atoms with E-state index >= 15 is 0 Å². The van der Waals surface area contributed by atoms with Crippen molar-refractivity contribution in [1.82, 2.24) is 0 Å². The first kappa shape index (κ1) is 9.12. The topological polar surface area (TPSA) is 33.4 Å². The molecule has 1 N–H and O–H groups in total. The maximum absolute atomic E-state index is 12.1. The Bertz CT molecular complexity index is 275. The Morgan fingerprint density at radius 2 is 2.08 bits per heavy atom. The van der Waals surface area contributed by atoms with Crippen LogP contribution in [0.15, 0.2) is 10.7 Å². The van der Waals surface area contributed by atoms with Crippen LogP contribution < -0.4 is 0 Å². The SMILES string of the molecule is Cc1occ(C(F)(F)F)c1CO. The summed E-state index contributed by atoms with van der Waals surface area (Å²) in [5.41, 5.74) is -1.09. The normalized spacial score (nSPS) is 12.1. The molecule has 0 fully saturated rings. The van der Waals surface area contributed by atoms with Gasteiger partial charge in [0, 0.05) is 5.56 Å². The highest BCUT2D eigenvalue weighted by atomic mass is 19.4. The van der Waals surface area contributed by atoms with Gasteiger partial charge in [0.05, 0.1) is 12.2 Å². The Hall–Kier alpha value is -0.970. The van der Waals surface area contributed by atoms with Crippen LogP contribution in [-0.4, -0.2) is 5.11 Å². The van der Waals surface area contributed by atoms with Gasteiger partial charge in [0.2, 0.25) is 0 Å². The zero-order chi connectivity index (χ0) is 9.35. The molecule has 0 unspecified atom stereocenters. The molecule has 0 aromatic carbocycles. The third kappa shape index (κ3) is 1.45. The molecular formula is C7H7F3O2. The standard InChI is InChI=1S/C7H7F3O2/c1-4-5(2-11)6(3-12-4)7(8,9)10/h3,11H,2H2,1H3. The molecule has 0 saturated heterocycles. The zero-order valence-corrected chi connectivity index (χ0v) is 6.27. The number of hydrogen-bond acceptors (Lipinski definition) is 2. The molecule has 1 aromatic heterocycles. The molecule has 12 heavy (non-hydrogen) atoms. The number of aliphatic hydroxyl groups excluding tert-OH is 1.